The van der Waals surface area contributed by atoms with Crippen LogP contribution < -0.4 is 5.32 Å². The lowest BCUT2D eigenvalue weighted by atomic mass is 9.95. The summed E-state index contributed by atoms with van der Waals surface area (Å²) in [5.74, 6) is 0. The van der Waals surface area contributed by atoms with E-state index in [2.05, 4.69) is 5.32 Å². The molecule has 0 fully saturated rings. The molecule has 0 aromatic carbocycles. The van der Waals surface area contributed by atoms with Gasteiger partial charge in [0.25, 0.3) is 0 Å². The zero-order chi connectivity index (χ0) is 13.0. The molecule has 1 atom stereocenters. The summed E-state index contributed by atoms with van der Waals surface area (Å²) in [4.78, 5) is 0. The number of halogens is 3. The fourth-order valence-corrected chi connectivity index (χ4v) is 1.24. The molecule has 0 spiro atoms. The van der Waals surface area contributed by atoms with E-state index in [0.29, 0.717) is 13.0 Å². The van der Waals surface area contributed by atoms with Gasteiger partial charge < -0.3 is 10.4 Å². The average Bonchev–Trinajstić information content (AvgIpc) is 1.97. The van der Waals surface area contributed by atoms with E-state index in [9.17, 15) is 18.3 Å². The molecule has 2 N–H and O–H groups in total. The maximum atomic E-state index is 12.0. The van der Waals surface area contributed by atoms with E-state index < -0.39 is 18.2 Å². The molecule has 0 aromatic heterocycles. The second-order valence-corrected chi connectivity index (χ2v) is 5.54. The fourth-order valence-electron chi connectivity index (χ4n) is 1.24. The van der Waals surface area contributed by atoms with Crippen LogP contribution in [0.5, 0.6) is 0 Å². The Balaban J connectivity index is 3.88. The van der Waals surface area contributed by atoms with Crippen molar-refractivity contribution < 1.29 is 18.3 Å². The van der Waals surface area contributed by atoms with Gasteiger partial charge in [-0.15, -0.1) is 0 Å². The summed E-state index contributed by atoms with van der Waals surface area (Å²) in [6.07, 6.45) is -5.06. The highest BCUT2D eigenvalue weighted by molar-refractivity contribution is 4.78. The Kier molecular flexibility index (Phi) is 5.26. The maximum absolute atomic E-state index is 12.0. The minimum absolute atomic E-state index is 0.0832. The van der Waals surface area contributed by atoms with E-state index in [1.807, 2.05) is 20.8 Å². The molecule has 0 saturated heterocycles. The lowest BCUT2D eigenvalue weighted by Gasteiger charge is -2.27. The van der Waals surface area contributed by atoms with Gasteiger partial charge in [0.05, 0.1) is 5.60 Å². The lowest BCUT2D eigenvalue weighted by Crippen LogP contribution is -2.40. The first kappa shape index (κ1) is 15.7. The van der Waals surface area contributed by atoms with Gasteiger partial charge in [-0.3, -0.25) is 0 Å². The Bertz CT molecular complexity index is 206. The Morgan fingerprint density at radius 1 is 0.938 bits per heavy atom. The summed E-state index contributed by atoms with van der Waals surface area (Å²) < 4.78 is 35.9. The number of rotatable bonds is 5. The van der Waals surface area contributed by atoms with Crippen LogP contribution in [0.25, 0.3) is 0 Å². The van der Waals surface area contributed by atoms with E-state index >= 15 is 0 Å². The molecule has 0 amide bonds. The van der Waals surface area contributed by atoms with Gasteiger partial charge in [-0.05, 0) is 47.1 Å². The number of aliphatic hydroxyl groups is 1. The SMILES string of the molecule is CC(O)(CCNC(C)(C)C)CCC(F)(F)F. The summed E-state index contributed by atoms with van der Waals surface area (Å²) in [6.45, 7) is 7.86. The van der Waals surface area contributed by atoms with Crippen molar-refractivity contribution in [2.24, 2.45) is 0 Å². The highest BCUT2D eigenvalue weighted by Gasteiger charge is 2.32. The normalized spacial score (nSPS) is 17.2. The first-order chi connectivity index (χ1) is 6.91. The molecule has 16 heavy (non-hydrogen) atoms. The Hall–Kier alpha value is -0.290. The first-order valence-corrected chi connectivity index (χ1v) is 5.45. The predicted octanol–water partition coefficient (Wildman–Crippen LogP) is 2.86. The van der Waals surface area contributed by atoms with Crippen molar-refractivity contribution in [1.82, 2.24) is 5.32 Å². The third-order valence-electron chi connectivity index (χ3n) is 2.27. The Morgan fingerprint density at radius 3 is 1.81 bits per heavy atom. The molecule has 0 bridgehead atoms. The van der Waals surface area contributed by atoms with Gasteiger partial charge >= 0.3 is 6.18 Å². The van der Waals surface area contributed by atoms with Crippen LogP contribution in [0, 0.1) is 0 Å². The molecule has 0 radical (unpaired) electrons. The quantitative estimate of drug-likeness (QED) is 0.775. The van der Waals surface area contributed by atoms with Crippen LogP contribution >= 0.6 is 0 Å². The van der Waals surface area contributed by atoms with Crippen molar-refractivity contribution in [2.75, 3.05) is 6.54 Å². The second-order valence-electron chi connectivity index (χ2n) is 5.54. The highest BCUT2D eigenvalue weighted by atomic mass is 19.4. The molecule has 98 valence electrons. The topological polar surface area (TPSA) is 32.3 Å². The smallest absolute Gasteiger partial charge is 0.389 e. The summed E-state index contributed by atoms with van der Waals surface area (Å²) >= 11 is 0. The van der Waals surface area contributed by atoms with Crippen molar-refractivity contribution in [2.45, 2.75) is 64.3 Å². The van der Waals surface area contributed by atoms with Crippen LogP contribution in [0.15, 0.2) is 0 Å². The Labute approximate surface area is 95.2 Å². The van der Waals surface area contributed by atoms with Crippen molar-refractivity contribution in [3.05, 3.63) is 0 Å². The molecule has 0 aromatic rings. The molecule has 0 rings (SSSR count). The van der Waals surface area contributed by atoms with E-state index in [4.69, 9.17) is 0 Å². The molecular formula is C11H22F3NO. The molecule has 5 heteroatoms. The molecule has 0 aliphatic carbocycles. The molecule has 2 nitrogen and oxygen atoms in total. The van der Waals surface area contributed by atoms with Crippen molar-refractivity contribution >= 4 is 0 Å². The zero-order valence-corrected chi connectivity index (χ0v) is 10.4. The monoisotopic (exact) mass is 241 g/mol. The van der Waals surface area contributed by atoms with Gasteiger partial charge in [-0.1, -0.05) is 0 Å². The minimum atomic E-state index is -4.19. The van der Waals surface area contributed by atoms with E-state index in [1.54, 1.807) is 0 Å². The molecule has 0 saturated carbocycles. The van der Waals surface area contributed by atoms with Crippen LogP contribution in [-0.2, 0) is 0 Å². The fraction of sp³-hybridized carbons (Fsp3) is 1.00. The van der Waals surface area contributed by atoms with Crippen LogP contribution in [-0.4, -0.2) is 29.0 Å². The van der Waals surface area contributed by atoms with Crippen LogP contribution in [0.2, 0.25) is 0 Å². The number of hydrogen-bond acceptors (Lipinski definition) is 2. The molecule has 0 aliphatic rings. The van der Waals surface area contributed by atoms with Crippen LogP contribution in [0.1, 0.15) is 47.0 Å². The summed E-state index contributed by atoms with van der Waals surface area (Å²) in [6, 6.07) is 0. The van der Waals surface area contributed by atoms with Crippen molar-refractivity contribution in [3.63, 3.8) is 0 Å². The first-order valence-electron chi connectivity index (χ1n) is 5.45. The van der Waals surface area contributed by atoms with E-state index in [1.165, 1.54) is 6.92 Å². The maximum Gasteiger partial charge on any atom is 0.389 e. The molecule has 0 aliphatic heterocycles. The molecular weight excluding hydrogens is 219 g/mol. The molecule has 0 heterocycles. The predicted molar refractivity (Wildman–Crippen MR) is 58.3 cm³/mol. The number of hydrogen-bond donors (Lipinski definition) is 2. The Morgan fingerprint density at radius 2 is 1.44 bits per heavy atom. The zero-order valence-electron chi connectivity index (χ0n) is 10.4. The highest BCUT2D eigenvalue weighted by Crippen LogP contribution is 2.27. The van der Waals surface area contributed by atoms with Gasteiger partial charge in [0.1, 0.15) is 0 Å². The van der Waals surface area contributed by atoms with E-state index in [-0.39, 0.29) is 12.0 Å². The van der Waals surface area contributed by atoms with Gasteiger partial charge in [-0.25, -0.2) is 0 Å². The van der Waals surface area contributed by atoms with Gasteiger partial charge in [0, 0.05) is 12.0 Å². The average molecular weight is 241 g/mol. The largest absolute Gasteiger partial charge is 0.390 e. The van der Waals surface area contributed by atoms with Crippen molar-refractivity contribution in [3.8, 4) is 0 Å². The second kappa shape index (κ2) is 5.36. The summed E-state index contributed by atoms with van der Waals surface area (Å²) in [5, 5.41) is 12.9. The standard InChI is InChI=1S/C11H22F3NO/c1-9(2,3)15-8-7-10(4,16)5-6-11(12,13)14/h15-16H,5-8H2,1-4H3. The minimum Gasteiger partial charge on any atom is -0.390 e. The lowest BCUT2D eigenvalue weighted by molar-refractivity contribution is -0.146. The van der Waals surface area contributed by atoms with E-state index in [0.717, 1.165) is 0 Å². The van der Waals surface area contributed by atoms with Gasteiger partial charge in [-0.2, -0.15) is 13.2 Å². The van der Waals surface area contributed by atoms with Crippen LogP contribution in [0.3, 0.4) is 0 Å². The number of alkyl halides is 3. The van der Waals surface area contributed by atoms with Crippen LogP contribution in [0.4, 0.5) is 13.2 Å². The summed E-state index contributed by atoms with van der Waals surface area (Å²) in [7, 11) is 0. The van der Waals surface area contributed by atoms with Crippen molar-refractivity contribution in [1.29, 1.82) is 0 Å². The third-order valence-corrected chi connectivity index (χ3v) is 2.27. The summed E-state index contributed by atoms with van der Waals surface area (Å²) in [5.41, 5.74) is -1.34. The number of nitrogens with one attached hydrogen (secondary N) is 1. The van der Waals surface area contributed by atoms with Gasteiger partial charge in [0.15, 0.2) is 0 Å². The third kappa shape index (κ3) is 10.2. The molecule has 1 unspecified atom stereocenters. The van der Waals surface area contributed by atoms with Gasteiger partial charge in [0.2, 0.25) is 0 Å².